The third kappa shape index (κ3) is 2.37. The molecule has 0 saturated carbocycles. The number of nitrogens with zero attached hydrogens (tertiary/aromatic N) is 2. The maximum atomic E-state index is 12.9. The van der Waals surface area contributed by atoms with E-state index in [9.17, 15) is 13.2 Å². The first-order valence-corrected chi connectivity index (χ1v) is 5.11. The zero-order valence-electron chi connectivity index (χ0n) is 9.54. The molecule has 2 unspecified atom stereocenters. The van der Waals surface area contributed by atoms with Crippen LogP contribution in [-0.2, 0) is 0 Å². The van der Waals surface area contributed by atoms with Crippen LogP contribution in [0.5, 0.6) is 0 Å². The zero-order valence-corrected chi connectivity index (χ0v) is 9.54. The normalized spacial score (nSPS) is 16.2. The highest BCUT2D eigenvalue weighted by Gasteiger charge is 2.44. The predicted octanol–water partition coefficient (Wildman–Crippen LogP) is 2.34. The molecule has 0 spiro atoms. The van der Waals surface area contributed by atoms with Crippen LogP contribution in [0.3, 0.4) is 0 Å². The van der Waals surface area contributed by atoms with Crippen molar-refractivity contribution in [2.75, 3.05) is 0 Å². The van der Waals surface area contributed by atoms with Gasteiger partial charge in [-0.1, -0.05) is 6.92 Å². The molecule has 16 heavy (non-hydrogen) atoms. The number of hydrogen-bond acceptors (Lipinski definition) is 2. The van der Waals surface area contributed by atoms with Crippen LogP contribution in [0.1, 0.15) is 30.8 Å². The summed E-state index contributed by atoms with van der Waals surface area (Å²) in [4.78, 5) is 3.87. The molecular weight excluding hydrogens is 219 g/mol. The standard InChI is InChI=1S/C10H16F3N3/c1-4-8(14)9(10(11,12)13)16-5-15-6(2)7(16)3/h5,8-9H,4,14H2,1-3H3. The third-order valence-corrected chi connectivity index (χ3v) is 2.80. The molecule has 2 atom stereocenters. The second-order valence-electron chi connectivity index (χ2n) is 3.88. The van der Waals surface area contributed by atoms with Crippen molar-refractivity contribution < 1.29 is 13.2 Å². The van der Waals surface area contributed by atoms with Crippen LogP contribution in [0.4, 0.5) is 13.2 Å². The average molecular weight is 235 g/mol. The maximum Gasteiger partial charge on any atom is 0.410 e. The molecular formula is C10H16F3N3. The van der Waals surface area contributed by atoms with Gasteiger partial charge in [0, 0.05) is 11.7 Å². The van der Waals surface area contributed by atoms with E-state index in [4.69, 9.17) is 5.73 Å². The molecule has 1 heterocycles. The van der Waals surface area contributed by atoms with Gasteiger partial charge in [-0.3, -0.25) is 0 Å². The van der Waals surface area contributed by atoms with Gasteiger partial charge >= 0.3 is 6.18 Å². The van der Waals surface area contributed by atoms with Crippen molar-refractivity contribution in [1.82, 2.24) is 9.55 Å². The van der Waals surface area contributed by atoms with Crippen molar-refractivity contribution in [1.29, 1.82) is 0 Å². The Morgan fingerprint density at radius 1 is 1.44 bits per heavy atom. The molecule has 0 amide bonds. The Balaban J connectivity index is 3.17. The van der Waals surface area contributed by atoms with Crippen molar-refractivity contribution in [2.45, 2.75) is 45.5 Å². The third-order valence-electron chi connectivity index (χ3n) is 2.80. The maximum absolute atomic E-state index is 12.9. The van der Waals surface area contributed by atoms with Crippen molar-refractivity contribution in [2.24, 2.45) is 5.73 Å². The number of halogens is 3. The number of rotatable bonds is 3. The molecule has 0 aliphatic rings. The Labute approximate surface area is 92.5 Å². The summed E-state index contributed by atoms with van der Waals surface area (Å²) in [5.41, 5.74) is 6.65. The second-order valence-corrected chi connectivity index (χ2v) is 3.88. The Bertz CT molecular complexity index is 357. The van der Waals surface area contributed by atoms with Gasteiger partial charge < -0.3 is 10.3 Å². The van der Waals surface area contributed by atoms with Gasteiger partial charge in [0.25, 0.3) is 0 Å². The molecule has 0 saturated heterocycles. The van der Waals surface area contributed by atoms with Gasteiger partial charge in [0.05, 0.1) is 12.0 Å². The molecule has 1 aromatic rings. The first-order valence-electron chi connectivity index (χ1n) is 5.11. The van der Waals surface area contributed by atoms with E-state index in [2.05, 4.69) is 4.98 Å². The number of aromatic nitrogens is 2. The van der Waals surface area contributed by atoms with Crippen molar-refractivity contribution >= 4 is 0 Å². The topological polar surface area (TPSA) is 43.8 Å². The molecule has 0 aromatic carbocycles. The van der Waals surface area contributed by atoms with Crippen LogP contribution in [0.15, 0.2) is 6.33 Å². The molecule has 0 aliphatic carbocycles. The number of nitrogens with two attached hydrogens (primary N) is 1. The highest BCUT2D eigenvalue weighted by molar-refractivity contribution is 5.11. The molecule has 1 rings (SSSR count). The summed E-state index contributed by atoms with van der Waals surface area (Å²) in [6, 6.07) is -2.65. The van der Waals surface area contributed by atoms with E-state index >= 15 is 0 Å². The van der Waals surface area contributed by atoms with Crippen LogP contribution >= 0.6 is 0 Å². The molecule has 3 nitrogen and oxygen atoms in total. The largest absolute Gasteiger partial charge is 0.410 e. The number of alkyl halides is 3. The van der Waals surface area contributed by atoms with Gasteiger partial charge in [0.2, 0.25) is 0 Å². The summed E-state index contributed by atoms with van der Waals surface area (Å²) in [5, 5.41) is 0. The molecule has 0 bridgehead atoms. The molecule has 6 heteroatoms. The summed E-state index contributed by atoms with van der Waals surface area (Å²) in [7, 11) is 0. The van der Waals surface area contributed by atoms with E-state index in [1.807, 2.05) is 0 Å². The summed E-state index contributed by atoms with van der Waals surface area (Å²) < 4.78 is 39.8. The van der Waals surface area contributed by atoms with Crippen LogP contribution in [0.2, 0.25) is 0 Å². The lowest BCUT2D eigenvalue weighted by Crippen LogP contribution is -2.41. The van der Waals surface area contributed by atoms with Crippen molar-refractivity contribution in [3.8, 4) is 0 Å². The van der Waals surface area contributed by atoms with Gasteiger partial charge in [-0.15, -0.1) is 0 Å². The van der Waals surface area contributed by atoms with Gasteiger partial charge in [-0.25, -0.2) is 4.98 Å². The number of aryl methyl sites for hydroxylation is 1. The lowest BCUT2D eigenvalue weighted by Gasteiger charge is -2.27. The lowest BCUT2D eigenvalue weighted by molar-refractivity contribution is -0.173. The molecule has 0 aliphatic heterocycles. The van der Waals surface area contributed by atoms with Gasteiger partial charge in [0.1, 0.15) is 6.04 Å². The highest BCUT2D eigenvalue weighted by Crippen LogP contribution is 2.34. The van der Waals surface area contributed by atoms with Crippen molar-refractivity contribution in [3.63, 3.8) is 0 Å². The zero-order chi connectivity index (χ0) is 12.5. The smallest absolute Gasteiger partial charge is 0.326 e. The summed E-state index contributed by atoms with van der Waals surface area (Å²) in [5.74, 6) is 0. The Kier molecular flexibility index (Phi) is 3.62. The Morgan fingerprint density at radius 2 is 2.00 bits per heavy atom. The SMILES string of the molecule is CCC(N)C(n1cnc(C)c1C)C(F)(F)F. The fourth-order valence-corrected chi connectivity index (χ4v) is 1.63. The fourth-order valence-electron chi connectivity index (χ4n) is 1.63. The van der Waals surface area contributed by atoms with Crippen LogP contribution < -0.4 is 5.73 Å². The number of hydrogen-bond donors (Lipinski definition) is 1. The summed E-state index contributed by atoms with van der Waals surface area (Å²) >= 11 is 0. The minimum atomic E-state index is -4.35. The van der Waals surface area contributed by atoms with E-state index in [1.165, 1.54) is 6.33 Å². The van der Waals surface area contributed by atoms with E-state index in [-0.39, 0.29) is 6.42 Å². The fraction of sp³-hybridized carbons (Fsp3) is 0.700. The van der Waals surface area contributed by atoms with E-state index in [0.29, 0.717) is 11.4 Å². The molecule has 0 radical (unpaired) electrons. The molecule has 2 N–H and O–H groups in total. The predicted molar refractivity (Wildman–Crippen MR) is 55.1 cm³/mol. The molecule has 1 aromatic heterocycles. The quantitative estimate of drug-likeness (QED) is 0.873. The van der Waals surface area contributed by atoms with Crippen LogP contribution in [-0.4, -0.2) is 21.8 Å². The molecule has 0 fully saturated rings. The van der Waals surface area contributed by atoms with E-state index < -0.39 is 18.3 Å². The lowest BCUT2D eigenvalue weighted by atomic mass is 10.1. The number of imidazole rings is 1. The van der Waals surface area contributed by atoms with Gasteiger partial charge in [0.15, 0.2) is 0 Å². The minimum absolute atomic E-state index is 0.265. The van der Waals surface area contributed by atoms with E-state index in [1.54, 1.807) is 20.8 Å². The summed E-state index contributed by atoms with van der Waals surface area (Å²) in [6.07, 6.45) is -2.88. The van der Waals surface area contributed by atoms with Gasteiger partial charge in [-0.05, 0) is 20.3 Å². The average Bonchev–Trinajstić information content (AvgIpc) is 2.47. The Morgan fingerprint density at radius 3 is 2.31 bits per heavy atom. The Hall–Kier alpha value is -1.04. The summed E-state index contributed by atoms with van der Waals surface area (Å²) in [6.45, 7) is 4.93. The second kappa shape index (κ2) is 4.45. The van der Waals surface area contributed by atoms with E-state index in [0.717, 1.165) is 4.57 Å². The van der Waals surface area contributed by atoms with Crippen LogP contribution in [0, 0.1) is 13.8 Å². The van der Waals surface area contributed by atoms with Crippen molar-refractivity contribution in [3.05, 3.63) is 17.7 Å². The molecule has 92 valence electrons. The van der Waals surface area contributed by atoms with Crippen LogP contribution in [0.25, 0.3) is 0 Å². The minimum Gasteiger partial charge on any atom is -0.326 e. The van der Waals surface area contributed by atoms with Gasteiger partial charge in [-0.2, -0.15) is 13.2 Å². The first kappa shape index (κ1) is 13.0. The first-order chi connectivity index (χ1) is 7.29. The highest BCUT2D eigenvalue weighted by atomic mass is 19.4. The monoisotopic (exact) mass is 235 g/mol.